The molecule has 2 heterocycles. The van der Waals surface area contributed by atoms with Crippen LogP contribution < -0.4 is 16.1 Å². The van der Waals surface area contributed by atoms with Gasteiger partial charge in [0, 0.05) is 18.8 Å². The van der Waals surface area contributed by atoms with Gasteiger partial charge in [0.2, 0.25) is 5.43 Å². The zero-order valence-corrected chi connectivity index (χ0v) is 18.8. The number of rotatable bonds is 8. The lowest BCUT2D eigenvalue weighted by molar-refractivity contribution is -0.156. The van der Waals surface area contributed by atoms with Crippen LogP contribution in [-0.2, 0) is 0 Å². The molecule has 7 nitrogen and oxygen atoms in total. The van der Waals surface area contributed by atoms with Crippen LogP contribution in [-0.4, -0.2) is 45.9 Å². The number of benzene rings is 1. The first kappa shape index (κ1) is 26.1. The molecule has 188 valence electrons. The average molecular weight is 498 g/mol. The SMILES string of the molecule is CC(C)CC(NC(=O)c1cn(-c2ccc(F)cc2F)c2nc(NCCO)ccc2c1=O)C(F)(F)F. The first-order valence-electron chi connectivity index (χ1n) is 10.7. The zero-order chi connectivity index (χ0) is 25.9. The minimum atomic E-state index is -4.76. The number of amides is 1. The highest BCUT2D eigenvalue weighted by Crippen LogP contribution is 2.26. The number of nitrogens with zero attached hydrogens (tertiary/aromatic N) is 2. The van der Waals surface area contributed by atoms with Gasteiger partial charge in [0.05, 0.1) is 17.7 Å². The van der Waals surface area contributed by atoms with Gasteiger partial charge in [-0.2, -0.15) is 13.2 Å². The number of hydrogen-bond acceptors (Lipinski definition) is 5. The third-order valence-electron chi connectivity index (χ3n) is 5.09. The number of aromatic nitrogens is 2. The van der Waals surface area contributed by atoms with Crippen LogP contribution in [0.4, 0.5) is 27.8 Å². The second-order valence-electron chi connectivity index (χ2n) is 8.25. The van der Waals surface area contributed by atoms with E-state index in [1.807, 2.05) is 5.32 Å². The third-order valence-corrected chi connectivity index (χ3v) is 5.09. The Morgan fingerprint density at radius 1 is 1.17 bits per heavy atom. The Morgan fingerprint density at radius 2 is 1.89 bits per heavy atom. The number of alkyl halides is 3. The molecule has 2 aromatic heterocycles. The fourth-order valence-corrected chi connectivity index (χ4v) is 3.49. The van der Waals surface area contributed by atoms with Crippen LogP contribution in [0.3, 0.4) is 0 Å². The fourth-order valence-electron chi connectivity index (χ4n) is 3.49. The average Bonchev–Trinajstić information content (AvgIpc) is 2.77. The molecule has 3 rings (SSSR count). The number of aliphatic hydroxyl groups excluding tert-OH is 1. The van der Waals surface area contributed by atoms with Gasteiger partial charge < -0.3 is 15.7 Å². The van der Waals surface area contributed by atoms with Crippen molar-refractivity contribution < 1.29 is 31.9 Å². The quantitative estimate of drug-likeness (QED) is 0.411. The predicted octanol–water partition coefficient (Wildman–Crippen LogP) is 3.77. The Kier molecular flexibility index (Phi) is 7.73. The molecule has 12 heteroatoms. The minimum absolute atomic E-state index is 0.114. The maximum absolute atomic E-state index is 14.6. The molecule has 0 aliphatic rings. The lowest BCUT2D eigenvalue weighted by Gasteiger charge is -2.23. The normalized spacial score (nSPS) is 12.7. The molecule has 0 aliphatic heterocycles. The van der Waals surface area contributed by atoms with Crippen LogP contribution in [0.1, 0.15) is 30.6 Å². The van der Waals surface area contributed by atoms with E-state index >= 15 is 0 Å². The number of nitrogens with one attached hydrogen (secondary N) is 2. The molecule has 1 atom stereocenters. The summed E-state index contributed by atoms with van der Waals surface area (Å²) in [5, 5.41) is 13.5. The van der Waals surface area contributed by atoms with Crippen LogP contribution in [0.25, 0.3) is 16.7 Å². The number of pyridine rings is 2. The van der Waals surface area contributed by atoms with E-state index in [4.69, 9.17) is 5.11 Å². The van der Waals surface area contributed by atoms with Crippen LogP contribution in [0.2, 0.25) is 0 Å². The highest BCUT2D eigenvalue weighted by molar-refractivity contribution is 5.97. The summed E-state index contributed by atoms with van der Waals surface area (Å²) in [5.41, 5.74) is -2.00. The summed E-state index contributed by atoms with van der Waals surface area (Å²) in [5.74, 6) is -3.43. The predicted molar refractivity (Wildman–Crippen MR) is 120 cm³/mol. The third kappa shape index (κ3) is 5.94. The van der Waals surface area contributed by atoms with E-state index in [1.165, 1.54) is 12.1 Å². The molecule has 1 aromatic carbocycles. The lowest BCUT2D eigenvalue weighted by atomic mass is 10.0. The standard InChI is InChI=1S/C23H23F5N4O3/c1-12(2)9-18(23(26,27)28)30-22(35)15-11-32(17-5-3-13(24)10-16(17)25)21-14(20(15)34)4-6-19(31-21)29-7-8-33/h3-6,10-12,18,33H,7-9H2,1-2H3,(H,29,31)(H,30,35). The van der Waals surface area contributed by atoms with Gasteiger partial charge in [0.1, 0.15) is 29.1 Å². The van der Waals surface area contributed by atoms with E-state index in [-0.39, 0.29) is 35.7 Å². The Labute approximate surface area is 196 Å². The maximum Gasteiger partial charge on any atom is 0.408 e. The van der Waals surface area contributed by atoms with Crippen LogP contribution in [0.5, 0.6) is 0 Å². The summed E-state index contributed by atoms with van der Waals surface area (Å²) in [7, 11) is 0. The number of carbonyl (C=O) groups excluding carboxylic acids is 1. The summed E-state index contributed by atoms with van der Waals surface area (Å²) in [6.07, 6.45) is -4.29. The molecule has 0 bridgehead atoms. The number of aliphatic hydroxyl groups is 1. The maximum atomic E-state index is 14.6. The number of halogens is 5. The monoisotopic (exact) mass is 498 g/mol. The molecule has 1 amide bonds. The van der Waals surface area contributed by atoms with Crippen LogP contribution in [0.15, 0.2) is 41.3 Å². The second kappa shape index (κ2) is 10.4. The fraction of sp³-hybridized carbons (Fsp3) is 0.348. The molecular weight excluding hydrogens is 475 g/mol. The molecule has 3 aromatic rings. The van der Waals surface area contributed by atoms with Gasteiger partial charge in [-0.05, 0) is 36.6 Å². The molecule has 1 unspecified atom stereocenters. The smallest absolute Gasteiger partial charge is 0.395 e. The van der Waals surface area contributed by atoms with E-state index in [2.05, 4.69) is 10.3 Å². The minimum Gasteiger partial charge on any atom is -0.395 e. The van der Waals surface area contributed by atoms with Crippen molar-refractivity contribution in [3.05, 3.63) is 63.9 Å². The molecule has 0 radical (unpaired) electrons. The number of anilines is 1. The van der Waals surface area contributed by atoms with Crippen molar-refractivity contribution in [3.63, 3.8) is 0 Å². The topological polar surface area (TPSA) is 96.2 Å². The van der Waals surface area contributed by atoms with Crippen molar-refractivity contribution in [1.29, 1.82) is 0 Å². The van der Waals surface area contributed by atoms with Crippen molar-refractivity contribution in [2.75, 3.05) is 18.5 Å². The molecule has 0 spiro atoms. The van der Waals surface area contributed by atoms with Gasteiger partial charge in [-0.15, -0.1) is 0 Å². The van der Waals surface area contributed by atoms with Gasteiger partial charge in [-0.3, -0.25) is 14.2 Å². The molecule has 0 saturated heterocycles. The highest BCUT2D eigenvalue weighted by atomic mass is 19.4. The van der Waals surface area contributed by atoms with E-state index in [1.54, 1.807) is 13.8 Å². The van der Waals surface area contributed by atoms with Gasteiger partial charge in [0.15, 0.2) is 5.65 Å². The van der Waals surface area contributed by atoms with E-state index in [9.17, 15) is 31.5 Å². The summed E-state index contributed by atoms with van der Waals surface area (Å²) in [6.45, 7) is 3.00. The Bertz CT molecular complexity index is 1290. The van der Waals surface area contributed by atoms with Gasteiger partial charge >= 0.3 is 6.18 Å². The largest absolute Gasteiger partial charge is 0.408 e. The molecule has 0 aliphatic carbocycles. The Morgan fingerprint density at radius 3 is 2.49 bits per heavy atom. The Balaban J connectivity index is 2.20. The van der Waals surface area contributed by atoms with Crippen LogP contribution in [0, 0.1) is 17.6 Å². The number of carbonyl (C=O) groups is 1. The van der Waals surface area contributed by atoms with E-state index in [0.717, 1.165) is 22.9 Å². The van der Waals surface area contributed by atoms with Gasteiger partial charge in [-0.1, -0.05) is 13.8 Å². The summed E-state index contributed by atoms with van der Waals surface area (Å²) in [6, 6.07) is 3.00. The van der Waals surface area contributed by atoms with Crippen molar-refractivity contribution in [3.8, 4) is 5.69 Å². The molecule has 3 N–H and O–H groups in total. The zero-order valence-electron chi connectivity index (χ0n) is 18.8. The van der Waals surface area contributed by atoms with E-state index < -0.39 is 53.1 Å². The van der Waals surface area contributed by atoms with Crippen LogP contribution >= 0.6 is 0 Å². The van der Waals surface area contributed by atoms with Gasteiger partial charge in [0.25, 0.3) is 5.91 Å². The Hall–Kier alpha value is -3.54. The first-order valence-corrected chi connectivity index (χ1v) is 10.7. The van der Waals surface area contributed by atoms with Crippen molar-refractivity contribution in [2.45, 2.75) is 32.5 Å². The lowest BCUT2D eigenvalue weighted by Crippen LogP contribution is -2.47. The van der Waals surface area contributed by atoms with Crippen molar-refractivity contribution >= 4 is 22.8 Å². The second-order valence-corrected chi connectivity index (χ2v) is 8.25. The summed E-state index contributed by atoms with van der Waals surface area (Å²) >= 11 is 0. The van der Waals surface area contributed by atoms with Crippen molar-refractivity contribution in [2.24, 2.45) is 5.92 Å². The summed E-state index contributed by atoms with van der Waals surface area (Å²) < 4.78 is 69.6. The molecular formula is C23H23F5N4O3. The molecule has 0 fully saturated rings. The molecule has 0 saturated carbocycles. The van der Waals surface area contributed by atoms with E-state index in [0.29, 0.717) is 6.07 Å². The van der Waals surface area contributed by atoms with Gasteiger partial charge in [-0.25, -0.2) is 13.8 Å². The summed E-state index contributed by atoms with van der Waals surface area (Å²) in [4.78, 5) is 30.1. The first-order chi connectivity index (χ1) is 16.4. The van der Waals surface area contributed by atoms with Crippen molar-refractivity contribution in [1.82, 2.24) is 14.9 Å². The number of fused-ring (bicyclic) bond motifs is 1. The highest BCUT2D eigenvalue weighted by Gasteiger charge is 2.41. The molecule has 35 heavy (non-hydrogen) atoms. The number of hydrogen-bond donors (Lipinski definition) is 3.